The Labute approximate surface area is 302 Å². The first-order valence-corrected chi connectivity index (χ1v) is 18.1. The molecule has 1 aromatic heterocycles. The fourth-order valence-corrected chi connectivity index (χ4v) is 7.31. The third-order valence-electron chi connectivity index (χ3n) is 9.17. The first-order chi connectivity index (χ1) is 24.9. The minimum absolute atomic E-state index is 0.0106. The third kappa shape index (κ3) is 8.16. The van der Waals surface area contributed by atoms with Gasteiger partial charge in [0, 0.05) is 41.8 Å². The second-order valence-corrected chi connectivity index (χ2v) is 13.7. The van der Waals surface area contributed by atoms with Crippen LogP contribution >= 0.6 is 11.8 Å². The normalized spacial score (nSPS) is 18.7. The van der Waals surface area contributed by atoms with E-state index in [0.717, 1.165) is 56.0 Å². The zero-order valence-electron chi connectivity index (χ0n) is 28.6. The Bertz CT molecular complexity index is 1990. The number of nitrogens with zero attached hydrogens (tertiary/aromatic N) is 1. The summed E-state index contributed by atoms with van der Waals surface area (Å²) in [6.07, 6.45) is -1.02. The molecule has 2 heterocycles. The number of carbonyl (C=O) groups excluding carboxylic acids is 1. The molecule has 0 bridgehead atoms. The fourth-order valence-electron chi connectivity index (χ4n) is 6.32. The Morgan fingerprint density at radius 2 is 1.41 bits per heavy atom. The Morgan fingerprint density at radius 3 is 2.10 bits per heavy atom. The molecule has 0 aliphatic carbocycles. The van der Waals surface area contributed by atoms with Crippen molar-refractivity contribution in [1.29, 1.82) is 0 Å². The molecule has 0 spiro atoms. The van der Waals surface area contributed by atoms with E-state index in [2.05, 4.69) is 48.6 Å². The number of aromatic nitrogens is 1. The van der Waals surface area contributed by atoms with Gasteiger partial charge in [0.2, 0.25) is 5.91 Å². The smallest absolute Gasteiger partial charge is 0.256 e. The molecule has 1 saturated heterocycles. The van der Waals surface area contributed by atoms with Gasteiger partial charge < -0.3 is 24.3 Å². The van der Waals surface area contributed by atoms with Gasteiger partial charge in [-0.15, -0.1) is 0 Å². The molecule has 5 aromatic carbocycles. The highest BCUT2D eigenvalue weighted by Crippen LogP contribution is 2.44. The number of nitrogens with one attached hydrogen (secondary N) is 1. The standard InChI is InChI=1S/C43H40N2O5S/c1-28-38(27-51-43-45-39(33-11-5-3-6-12-33)41(50-43)34-13-7-4-8-14-34)48-42(49-40(28)35-18-16-30(26-46)17-19-35)36-22-20-32(21-23-36)37-15-9-10-31(24-37)25-44-29(2)47/h3-24,28,38,40,42,46H,25-27H2,1-2H3,(H,44,47)/t28-,38+,40+,42+/m0/s1. The van der Waals surface area contributed by atoms with E-state index in [1.54, 1.807) is 11.8 Å². The summed E-state index contributed by atoms with van der Waals surface area (Å²) in [5, 5.41) is 13.1. The van der Waals surface area contributed by atoms with Crippen LogP contribution in [-0.4, -0.2) is 27.9 Å². The largest absolute Gasteiger partial charge is 0.431 e. The molecule has 0 saturated carbocycles. The maximum atomic E-state index is 11.4. The highest BCUT2D eigenvalue weighted by Gasteiger charge is 2.38. The number of carbonyl (C=O) groups is 1. The first kappa shape index (κ1) is 34.5. The second kappa shape index (κ2) is 15.9. The van der Waals surface area contributed by atoms with Crippen LogP contribution in [0.2, 0.25) is 0 Å². The van der Waals surface area contributed by atoms with Gasteiger partial charge in [0.15, 0.2) is 12.1 Å². The van der Waals surface area contributed by atoms with Crippen molar-refractivity contribution in [2.75, 3.05) is 5.75 Å². The number of hydrogen-bond acceptors (Lipinski definition) is 7. The number of benzene rings is 5. The molecule has 1 amide bonds. The number of aliphatic hydroxyl groups excluding tert-OH is 1. The lowest BCUT2D eigenvalue weighted by atomic mass is 9.91. The molecule has 51 heavy (non-hydrogen) atoms. The number of amides is 1. The highest BCUT2D eigenvalue weighted by atomic mass is 32.2. The molecule has 0 radical (unpaired) electrons. The Kier molecular flexibility index (Phi) is 10.8. The molecule has 1 aliphatic rings. The fraction of sp³-hybridized carbons (Fsp3) is 0.209. The van der Waals surface area contributed by atoms with E-state index in [0.29, 0.717) is 17.5 Å². The van der Waals surface area contributed by atoms with Crippen LogP contribution in [0.3, 0.4) is 0 Å². The van der Waals surface area contributed by atoms with Gasteiger partial charge in [0.05, 0.1) is 18.8 Å². The van der Waals surface area contributed by atoms with Gasteiger partial charge in [0.25, 0.3) is 5.22 Å². The van der Waals surface area contributed by atoms with Crippen molar-refractivity contribution < 1.29 is 23.8 Å². The number of aliphatic hydroxyl groups is 1. The van der Waals surface area contributed by atoms with Gasteiger partial charge in [-0.1, -0.05) is 146 Å². The van der Waals surface area contributed by atoms with E-state index in [4.69, 9.17) is 18.9 Å². The van der Waals surface area contributed by atoms with Crippen LogP contribution in [0.5, 0.6) is 0 Å². The van der Waals surface area contributed by atoms with Crippen LogP contribution in [0.1, 0.15) is 48.5 Å². The molecule has 1 fully saturated rings. The average Bonchev–Trinajstić information content (AvgIpc) is 3.62. The van der Waals surface area contributed by atoms with Crippen LogP contribution in [0.15, 0.2) is 143 Å². The first-order valence-electron chi connectivity index (χ1n) is 17.1. The second-order valence-electron chi connectivity index (χ2n) is 12.8. The van der Waals surface area contributed by atoms with Crippen molar-refractivity contribution in [3.63, 3.8) is 0 Å². The lowest BCUT2D eigenvalue weighted by Crippen LogP contribution is -2.38. The van der Waals surface area contributed by atoms with Gasteiger partial charge >= 0.3 is 0 Å². The van der Waals surface area contributed by atoms with E-state index in [9.17, 15) is 9.90 Å². The van der Waals surface area contributed by atoms with Crippen molar-refractivity contribution in [3.05, 3.63) is 156 Å². The van der Waals surface area contributed by atoms with Crippen LogP contribution in [0, 0.1) is 5.92 Å². The third-order valence-corrected chi connectivity index (χ3v) is 10.1. The van der Waals surface area contributed by atoms with Gasteiger partial charge in [-0.05, 0) is 33.9 Å². The number of rotatable bonds is 11. The molecule has 7 rings (SSSR count). The van der Waals surface area contributed by atoms with E-state index < -0.39 is 6.29 Å². The van der Waals surface area contributed by atoms with Crippen LogP contribution < -0.4 is 5.32 Å². The zero-order valence-corrected chi connectivity index (χ0v) is 29.4. The van der Waals surface area contributed by atoms with Gasteiger partial charge in [-0.25, -0.2) is 4.98 Å². The number of ether oxygens (including phenoxy) is 2. The highest BCUT2D eigenvalue weighted by molar-refractivity contribution is 7.99. The molecule has 1 aliphatic heterocycles. The molecule has 6 aromatic rings. The summed E-state index contributed by atoms with van der Waals surface area (Å²) in [7, 11) is 0. The number of thioether (sulfide) groups is 1. The summed E-state index contributed by atoms with van der Waals surface area (Å²) in [6, 6.07) is 44.6. The van der Waals surface area contributed by atoms with Gasteiger partial charge in [0.1, 0.15) is 5.69 Å². The van der Waals surface area contributed by atoms with Crippen molar-refractivity contribution in [2.24, 2.45) is 5.92 Å². The SMILES string of the molecule is CC(=O)NCc1cccc(-c2ccc([C@@H]3O[C@H](CSc4nc(-c5ccccc5)c(-c5ccccc5)o4)[C@H](C)[C@H](c4ccc(CO)cc4)O3)cc2)c1. The van der Waals surface area contributed by atoms with E-state index in [-0.39, 0.29) is 30.6 Å². The quantitative estimate of drug-likeness (QED) is 0.130. The zero-order chi connectivity index (χ0) is 35.2. The Balaban J connectivity index is 1.14. The van der Waals surface area contributed by atoms with E-state index in [1.165, 1.54) is 6.92 Å². The summed E-state index contributed by atoms with van der Waals surface area (Å²) in [5.74, 6) is 1.30. The molecule has 2 N–H and O–H groups in total. The summed E-state index contributed by atoms with van der Waals surface area (Å²) in [6.45, 7) is 4.15. The van der Waals surface area contributed by atoms with Crippen molar-refractivity contribution in [3.8, 4) is 33.7 Å². The molecule has 258 valence electrons. The lowest BCUT2D eigenvalue weighted by molar-refractivity contribution is -0.268. The topological polar surface area (TPSA) is 93.8 Å². The molecular weight excluding hydrogens is 657 g/mol. The maximum absolute atomic E-state index is 11.4. The molecule has 4 atom stereocenters. The number of hydrogen-bond donors (Lipinski definition) is 2. The van der Waals surface area contributed by atoms with Crippen LogP contribution in [0.4, 0.5) is 0 Å². The molecule has 8 heteroatoms. The summed E-state index contributed by atoms with van der Waals surface area (Å²) < 4.78 is 19.9. The predicted molar refractivity (Wildman–Crippen MR) is 200 cm³/mol. The summed E-state index contributed by atoms with van der Waals surface area (Å²) in [4.78, 5) is 16.4. The minimum atomic E-state index is -0.598. The average molecular weight is 697 g/mol. The van der Waals surface area contributed by atoms with Crippen molar-refractivity contribution in [2.45, 2.75) is 50.7 Å². The van der Waals surface area contributed by atoms with Crippen LogP contribution in [0.25, 0.3) is 33.7 Å². The van der Waals surface area contributed by atoms with Gasteiger partial charge in [-0.3, -0.25) is 4.79 Å². The minimum Gasteiger partial charge on any atom is -0.431 e. The van der Waals surface area contributed by atoms with Gasteiger partial charge in [-0.2, -0.15) is 0 Å². The monoisotopic (exact) mass is 696 g/mol. The summed E-state index contributed by atoms with van der Waals surface area (Å²) in [5.41, 5.74) is 8.74. The molecular formula is C43H40N2O5S. The van der Waals surface area contributed by atoms with E-state index in [1.807, 2.05) is 97.1 Å². The summed E-state index contributed by atoms with van der Waals surface area (Å²) >= 11 is 1.54. The number of oxazole rings is 1. The molecule has 7 nitrogen and oxygen atoms in total. The Hall–Kier alpha value is -4.99. The lowest BCUT2D eigenvalue weighted by Gasteiger charge is -2.41. The predicted octanol–water partition coefficient (Wildman–Crippen LogP) is 9.39. The maximum Gasteiger partial charge on any atom is 0.256 e. The Morgan fingerprint density at radius 1 is 0.745 bits per heavy atom. The van der Waals surface area contributed by atoms with Crippen molar-refractivity contribution in [1.82, 2.24) is 10.3 Å². The molecule has 0 unspecified atom stereocenters. The van der Waals surface area contributed by atoms with Crippen LogP contribution in [-0.2, 0) is 27.4 Å². The van der Waals surface area contributed by atoms with E-state index >= 15 is 0 Å². The van der Waals surface area contributed by atoms with Crippen molar-refractivity contribution >= 4 is 17.7 Å².